The van der Waals surface area contributed by atoms with Crippen LogP contribution in [0.4, 0.5) is 11.4 Å². The van der Waals surface area contributed by atoms with Gasteiger partial charge in [-0.15, -0.1) is 0 Å². The summed E-state index contributed by atoms with van der Waals surface area (Å²) in [5.74, 6) is -0.933. The van der Waals surface area contributed by atoms with Crippen molar-refractivity contribution >= 4 is 35.0 Å². The van der Waals surface area contributed by atoms with Gasteiger partial charge in [-0.05, 0) is 36.8 Å². The molecule has 29 heavy (non-hydrogen) atoms. The number of allylic oxidation sites excluding steroid dienone is 1. The van der Waals surface area contributed by atoms with E-state index in [1.807, 2.05) is 43.4 Å². The van der Waals surface area contributed by atoms with E-state index in [2.05, 4.69) is 36.2 Å². The van der Waals surface area contributed by atoms with Crippen LogP contribution in [0, 0.1) is 0 Å². The number of hydrogen-bond donors (Lipinski definition) is 1. The van der Waals surface area contributed by atoms with Crippen LogP contribution < -0.4 is 10.2 Å². The number of nitrogens with one attached hydrogen (secondary N) is 1. The fourth-order valence-corrected chi connectivity index (χ4v) is 5.25. The number of carbonyl (C=O) groups excluding carboxylic acids is 2. The van der Waals surface area contributed by atoms with Crippen LogP contribution in [0.15, 0.2) is 65.2 Å². The Labute approximate surface area is 175 Å². The quantitative estimate of drug-likeness (QED) is 0.605. The van der Waals surface area contributed by atoms with Gasteiger partial charge in [-0.25, -0.2) is 4.79 Å². The molecule has 2 aliphatic heterocycles. The van der Waals surface area contributed by atoms with Crippen molar-refractivity contribution in [3.05, 3.63) is 65.9 Å². The molecule has 0 aliphatic carbocycles. The Hall–Kier alpha value is -2.73. The molecule has 1 atom stereocenters. The van der Waals surface area contributed by atoms with Gasteiger partial charge in [0.25, 0.3) is 5.91 Å². The largest absolute Gasteiger partial charge is 0.464 e. The van der Waals surface area contributed by atoms with Crippen molar-refractivity contribution in [1.29, 1.82) is 0 Å². The highest BCUT2D eigenvalue weighted by atomic mass is 32.2. The third-order valence-corrected chi connectivity index (χ3v) is 6.97. The second-order valence-corrected chi connectivity index (χ2v) is 9.03. The zero-order valence-electron chi connectivity index (χ0n) is 17.0. The number of benzene rings is 2. The Morgan fingerprint density at radius 3 is 2.59 bits per heavy atom. The van der Waals surface area contributed by atoms with E-state index in [0.717, 1.165) is 21.8 Å². The number of likely N-dealkylation sites (N-methyl/N-ethyl adjacent to an activating group) is 1. The molecular formula is C23H24N2O3S. The fourth-order valence-electron chi connectivity index (χ4n) is 4.07. The van der Waals surface area contributed by atoms with Crippen LogP contribution in [0.5, 0.6) is 0 Å². The lowest BCUT2D eigenvalue weighted by Gasteiger charge is -2.34. The number of esters is 1. The first-order valence-corrected chi connectivity index (χ1v) is 10.5. The molecule has 2 heterocycles. The molecule has 0 radical (unpaired) electrons. The first kappa shape index (κ1) is 19.6. The summed E-state index contributed by atoms with van der Waals surface area (Å²) in [5, 5.41) is 2.90. The predicted molar refractivity (Wildman–Crippen MR) is 116 cm³/mol. The molecule has 2 aromatic rings. The topological polar surface area (TPSA) is 58.6 Å². The summed E-state index contributed by atoms with van der Waals surface area (Å²) in [7, 11) is 1.97. The van der Waals surface area contributed by atoms with Gasteiger partial charge in [0.05, 0.1) is 12.3 Å². The molecule has 0 bridgehead atoms. The number of anilines is 2. The van der Waals surface area contributed by atoms with E-state index in [-0.39, 0.29) is 17.9 Å². The summed E-state index contributed by atoms with van der Waals surface area (Å²) in [6, 6.07) is 15.7. The molecule has 1 N–H and O–H groups in total. The van der Waals surface area contributed by atoms with Crippen LogP contribution in [-0.4, -0.2) is 30.3 Å². The molecule has 6 heteroatoms. The molecule has 1 amide bonds. The number of rotatable bonds is 3. The van der Waals surface area contributed by atoms with Crippen LogP contribution in [0.25, 0.3) is 0 Å². The van der Waals surface area contributed by atoms with Crippen LogP contribution in [0.1, 0.15) is 26.3 Å². The van der Waals surface area contributed by atoms with Crippen LogP contribution in [0.3, 0.4) is 0 Å². The van der Waals surface area contributed by atoms with E-state index in [1.165, 1.54) is 11.8 Å². The van der Waals surface area contributed by atoms with Gasteiger partial charge in [-0.2, -0.15) is 0 Å². The van der Waals surface area contributed by atoms with Crippen molar-refractivity contribution in [3.8, 4) is 0 Å². The maximum absolute atomic E-state index is 13.3. The van der Waals surface area contributed by atoms with Gasteiger partial charge in [-0.1, -0.05) is 55.9 Å². The van der Waals surface area contributed by atoms with Crippen molar-refractivity contribution in [3.63, 3.8) is 0 Å². The highest BCUT2D eigenvalue weighted by Gasteiger charge is 2.52. The van der Waals surface area contributed by atoms with Crippen molar-refractivity contribution in [1.82, 2.24) is 0 Å². The van der Waals surface area contributed by atoms with Crippen molar-refractivity contribution in [2.45, 2.75) is 35.8 Å². The van der Waals surface area contributed by atoms with E-state index in [9.17, 15) is 9.59 Å². The maximum atomic E-state index is 13.3. The standard InChI is InChI=1S/C23H24N2O3S/c1-5-28-21(27)23(20(26)24-16-11-7-9-13-18(16)29-23)14-19-22(2,3)15-10-6-8-12-17(15)25(19)4/h6-14H,5H2,1-4H3,(H,24,26)/b19-14-. The van der Waals surface area contributed by atoms with Gasteiger partial charge in [0.15, 0.2) is 0 Å². The second-order valence-electron chi connectivity index (χ2n) is 7.74. The summed E-state index contributed by atoms with van der Waals surface area (Å²) in [6.07, 6.45) is 1.79. The van der Waals surface area contributed by atoms with Crippen molar-refractivity contribution in [2.75, 3.05) is 23.9 Å². The summed E-state index contributed by atoms with van der Waals surface area (Å²) in [6.45, 7) is 6.18. The molecule has 0 saturated carbocycles. The van der Waals surface area contributed by atoms with Gasteiger partial charge in [-0.3, -0.25) is 4.79 Å². The number of nitrogens with zero attached hydrogens (tertiary/aromatic N) is 1. The van der Waals surface area contributed by atoms with Crippen LogP contribution >= 0.6 is 11.8 Å². The van der Waals surface area contributed by atoms with Gasteiger partial charge in [0.1, 0.15) is 0 Å². The molecule has 150 valence electrons. The van der Waals surface area contributed by atoms with Crippen molar-refractivity contribution in [2.24, 2.45) is 0 Å². The van der Waals surface area contributed by atoms with Gasteiger partial charge in [0.2, 0.25) is 4.75 Å². The zero-order valence-corrected chi connectivity index (χ0v) is 17.8. The molecule has 5 nitrogen and oxygen atoms in total. The first-order valence-electron chi connectivity index (χ1n) is 9.64. The van der Waals surface area contributed by atoms with E-state index in [0.29, 0.717) is 5.69 Å². The lowest BCUT2D eigenvalue weighted by Crippen LogP contribution is -2.49. The van der Waals surface area contributed by atoms with Crippen LogP contribution in [0.2, 0.25) is 0 Å². The molecular weight excluding hydrogens is 384 g/mol. The Balaban J connectivity index is 1.89. The van der Waals surface area contributed by atoms with Gasteiger partial charge < -0.3 is 15.0 Å². The van der Waals surface area contributed by atoms with Gasteiger partial charge in [0, 0.05) is 28.7 Å². The highest BCUT2D eigenvalue weighted by Crippen LogP contribution is 2.51. The smallest absolute Gasteiger partial charge is 0.336 e. The molecule has 4 rings (SSSR count). The number of amides is 1. The molecule has 2 aromatic carbocycles. The summed E-state index contributed by atoms with van der Waals surface area (Å²) < 4.78 is 3.88. The minimum atomic E-state index is -1.49. The lowest BCUT2D eigenvalue weighted by atomic mass is 9.82. The van der Waals surface area contributed by atoms with Crippen LogP contribution in [-0.2, 0) is 19.7 Å². The average Bonchev–Trinajstić information content (AvgIpc) is 2.89. The number of ether oxygens (including phenoxy) is 1. The molecule has 1 unspecified atom stereocenters. The molecule has 0 fully saturated rings. The molecule has 0 aromatic heterocycles. The van der Waals surface area contributed by atoms with E-state index in [1.54, 1.807) is 13.0 Å². The highest BCUT2D eigenvalue weighted by molar-refractivity contribution is 8.02. The van der Waals surface area contributed by atoms with E-state index < -0.39 is 10.7 Å². The summed E-state index contributed by atoms with van der Waals surface area (Å²) >= 11 is 1.24. The molecule has 0 spiro atoms. The third kappa shape index (κ3) is 2.94. The normalized spacial score (nSPS) is 23.4. The molecule has 2 aliphatic rings. The Kier molecular flexibility index (Phi) is 4.69. The maximum Gasteiger partial charge on any atom is 0.336 e. The molecule has 0 saturated heterocycles. The second kappa shape index (κ2) is 6.95. The number of thioether (sulfide) groups is 1. The monoisotopic (exact) mass is 408 g/mol. The van der Waals surface area contributed by atoms with Crippen molar-refractivity contribution < 1.29 is 14.3 Å². The van der Waals surface area contributed by atoms with E-state index in [4.69, 9.17) is 4.74 Å². The number of carbonyl (C=O) groups is 2. The number of para-hydroxylation sites is 2. The average molecular weight is 409 g/mol. The summed E-state index contributed by atoms with van der Waals surface area (Å²) in [4.78, 5) is 29.3. The minimum Gasteiger partial charge on any atom is -0.464 e. The Morgan fingerprint density at radius 2 is 1.86 bits per heavy atom. The minimum absolute atomic E-state index is 0.207. The third-order valence-electron chi connectivity index (χ3n) is 5.60. The Bertz CT molecular complexity index is 1030. The van der Waals surface area contributed by atoms with E-state index >= 15 is 0 Å². The predicted octanol–water partition coefficient (Wildman–Crippen LogP) is 4.34. The fraction of sp³-hybridized carbons (Fsp3) is 0.304. The van der Waals surface area contributed by atoms with Gasteiger partial charge >= 0.3 is 5.97 Å². The first-order chi connectivity index (χ1) is 13.8. The number of hydrogen-bond acceptors (Lipinski definition) is 5. The zero-order chi connectivity index (χ0) is 20.8. The Morgan fingerprint density at radius 1 is 1.17 bits per heavy atom. The SMILES string of the molecule is CCOC(=O)C1(/C=C2\N(C)c3ccccc3C2(C)C)Sc2ccccc2NC1=O. The lowest BCUT2D eigenvalue weighted by molar-refractivity contribution is -0.147. The summed E-state index contributed by atoms with van der Waals surface area (Å²) in [5.41, 5.74) is 3.48. The number of fused-ring (bicyclic) bond motifs is 2.